The predicted octanol–water partition coefficient (Wildman–Crippen LogP) is -3.59. The summed E-state index contributed by atoms with van der Waals surface area (Å²) in [6.45, 7) is 4.49. The summed E-state index contributed by atoms with van der Waals surface area (Å²) in [6.07, 6.45) is 5.89. The predicted molar refractivity (Wildman–Crippen MR) is 35.6 cm³/mol. The molecule has 0 saturated heterocycles. The molecule has 1 rings (SSSR count). The molecule has 0 radical (unpaired) electrons. The Morgan fingerprint density at radius 2 is 1.91 bits per heavy atom. The van der Waals surface area contributed by atoms with Crippen molar-refractivity contribution in [2.75, 3.05) is 0 Å². The zero-order chi connectivity index (χ0) is 6.85. The summed E-state index contributed by atoms with van der Waals surface area (Å²) in [6, 6.07) is 0. The number of allylic oxidation sites excluding steroid dienone is 4. The summed E-state index contributed by atoms with van der Waals surface area (Å²) in [7, 11) is 0. The molecule has 0 spiro atoms. The van der Waals surface area contributed by atoms with Crippen molar-refractivity contribution in [1.82, 2.24) is 0 Å². The van der Waals surface area contributed by atoms with E-state index < -0.39 is 0 Å². The fourth-order valence-electron chi connectivity index (χ4n) is 0.949. The molecule has 0 amide bonds. The van der Waals surface area contributed by atoms with Crippen LogP contribution in [0.25, 0.3) is 0 Å². The first-order valence-electron chi connectivity index (χ1n) is 3.32. The minimum absolute atomic E-state index is 0. The second-order valence-electron chi connectivity index (χ2n) is 2.73. The van der Waals surface area contributed by atoms with Gasteiger partial charge in [-0.25, -0.2) is 0 Å². The van der Waals surface area contributed by atoms with Crippen LogP contribution in [0.1, 0.15) is 20.3 Å². The van der Waals surface area contributed by atoms with Crippen molar-refractivity contribution in [3.05, 3.63) is 21.0 Å². The van der Waals surface area contributed by atoms with E-state index in [1.807, 2.05) is 0 Å². The molecule has 0 bridgehead atoms. The van der Waals surface area contributed by atoms with E-state index in [4.69, 9.17) is 0 Å². The van der Waals surface area contributed by atoms with Gasteiger partial charge in [0, 0.05) is 0 Å². The van der Waals surface area contributed by atoms with E-state index in [1.165, 1.54) is 12.0 Å². The van der Waals surface area contributed by atoms with Crippen LogP contribution in [-0.2, 0) is 24.7 Å². The van der Waals surface area contributed by atoms with Gasteiger partial charge in [-0.05, 0) is 0 Å². The van der Waals surface area contributed by atoms with Crippen molar-refractivity contribution in [1.29, 1.82) is 0 Å². The summed E-state index contributed by atoms with van der Waals surface area (Å²) in [5, 5.41) is 0. The number of rotatable bonds is 1. The van der Waals surface area contributed by atoms with E-state index in [0.717, 1.165) is 5.92 Å². The van der Waals surface area contributed by atoms with Gasteiger partial charge in [-0.1, -0.05) is 0 Å². The first-order valence-corrected chi connectivity index (χ1v) is 4.55. The molecule has 0 fully saturated rings. The minimum Gasteiger partial charge on any atom is -1.00 e. The van der Waals surface area contributed by atoms with Crippen molar-refractivity contribution < 1.29 is 49.5 Å². The Bertz CT molecular complexity index is 171. The summed E-state index contributed by atoms with van der Waals surface area (Å²) in [5.41, 5.74) is 1.53. The fraction of sp³-hybridized carbons (Fsp3) is 0.500. The molecule has 0 heterocycles. The molecule has 0 saturated carbocycles. The van der Waals surface area contributed by atoms with Crippen LogP contribution in [0.4, 0.5) is 0 Å². The van der Waals surface area contributed by atoms with Gasteiger partial charge in [0.05, 0.1) is 0 Å². The van der Waals surface area contributed by atoms with Crippen LogP contribution in [0.15, 0.2) is 21.0 Å². The van der Waals surface area contributed by atoms with Crippen molar-refractivity contribution in [3.8, 4) is 0 Å². The van der Waals surface area contributed by atoms with Crippen LogP contribution >= 0.6 is 0 Å². The molecular formula is C8H11Cl2Zr. The topological polar surface area (TPSA) is 0 Å². The van der Waals surface area contributed by atoms with Crippen LogP contribution < -0.4 is 24.8 Å². The summed E-state index contributed by atoms with van der Waals surface area (Å²) >= 11 is 1.58. The van der Waals surface area contributed by atoms with Crippen molar-refractivity contribution in [3.63, 3.8) is 0 Å². The van der Waals surface area contributed by atoms with Crippen molar-refractivity contribution in [2.24, 2.45) is 5.92 Å². The van der Waals surface area contributed by atoms with Crippen LogP contribution in [0.2, 0.25) is 0 Å². The minimum atomic E-state index is 0. The standard InChI is InChI=1S/C8H11.2ClH.Zr/c1-7(2)8-5-3-4-6-8;;;/h5-7H,3H2,1-2H3;2*1H;/q;;;+2/p-2. The monoisotopic (exact) mass is 267 g/mol. The molecule has 0 aliphatic heterocycles. The molecule has 0 aromatic heterocycles. The molecule has 0 nitrogen and oxygen atoms in total. The third-order valence-corrected chi connectivity index (χ3v) is 2.42. The maximum absolute atomic E-state index is 2.34. The molecule has 11 heavy (non-hydrogen) atoms. The Labute approximate surface area is 96.2 Å². The largest absolute Gasteiger partial charge is 1.00 e. The molecule has 0 aromatic rings. The third kappa shape index (κ3) is 4.50. The Balaban J connectivity index is 0. The van der Waals surface area contributed by atoms with E-state index in [-0.39, 0.29) is 24.8 Å². The zero-order valence-electron chi connectivity index (χ0n) is 6.70. The van der Waals surface area contributed by atoms with E-state index >= 15 is 0 Å². The van der Waals surface area contributed by atoms with Crippen LogP contribution in [0.3, 0.4) is 0 Å². The van der Waals surface area contributed by atoms with Gasteiger partial charge in [0.15, 0.2) is 0 Å². The van der Waals surface area contributed by atoms with E-state index in [2.05, 4.69) is 26.0 Å². The quantitative estimate of drug-likeness (QED) is 0.462. The maximum Gasteiger partial charge on any atom is -1.00 e. The Morgan fingerprint density at radius 3 is 2.09 bits per heavy atom. The smallest absolute Gasteiger partial charge is 1.00 e. The molecular weight excluding hydrogens is 258 g/mol. The third-order valence-electron chi connectivity index (χ3n) is 1.57. The number of halogens is 2. The van der Waals surface area contributed by atoms with Gasteiger partial charge < -0.3 is 24.8 Å². The summed E-state index contributed by atoms with van der Waals surface area (Å²) in [5.74, 6) is 0.725. The van der Waals surface area contributed by atoms with Gasteiger partial charge in [0.25, 0.3) is 0 Å². The number of hydrogen-bond donors (Lipinski definition) is 0. The molecule has 1 aliphatic rings. The SMILES string of the molecule is CC(C)C1=CC[C]([Zr+2])=C1.[Cl-].[Cl-]. The molecule has 0 aromatic carbocycles. The Hall–Kier alpha value is 0.943. The normalized spacial score (nSPS) is 15.0. The second-order valence-corrected chi connectivity index (χ2v) is 4.31. The zero-order valence-corrected chi connectivity index (χ0v) is 10.7. The van der Waals surface area contributed by atoms with Crippen molar-refractivity contribution >= 4 is 0 Å². The average molecular weight is 269 g/mol. The van der Waals surface area contributed by atoms with Crippen LogP contribution in [-0.4, -0.2) is 0 Å². The van der Waals surface area contributed by atoms with Gasteiger partial charge in [0.2, 0.25) is 0 Å². The first-order chi connectivity index (χ1) is 4.20. The van der Waals surface area contributed by atoms with E-state index in [1.54, 1.807) is 28.0 Å². The van der Waals surface area contributed by atoms with E-state index in [0.29, 0.717) is 0 Å². The van der Waals surface area contributed by atoms with E-state index in [9.17, 15) is 0 Å². The maximum atomic E-state index is 2.34. The van der Waals surface area contributed by atoms with Crippen molar-refractivity contribution in [2.45, 2.75) is 20.3 Å². The molecule has 0 atom stereocenters. The van der Waals surface area contributed by atoms with Gasteiger partial charge >= 0.3 is 71.9 Å². The first kappa shape index (κ1) is 14.5. The molecule has 3 heteroatoms. The Morgan fingerprint density at radius 1 is 1.36 bits per heavy atom. The number of hydrogen-bond acceptors (Lipinski definition) is 0. The second kappa shape index (κ2) is 6.46. The van der Waals surface area contributed by atoms with Crippen LogP contribution in [0, 0.1) is 5.92 Å². The molecule has 61 valence electrons. The van der Waals surface area contributed by atoms with Crippen LogP contribution in [0.5, 0.6) is 0 Å². The molecule has 1 aliphatic carbocycles. The Kier molecular flexibility index (Phi) is 8.49. The van der Waals surface area contributed by atoms with Gasteiger partial charge in [-0.3, -0.25) is 0 Å². The molecule has 0 N–H and O–H groups in total. The van der Waals surface area contributed by atoms with Gasteiger partial charge in [0.1, 0.15) is 0 Å². The summed E-state index contributed by atoms with van der Waals surface area (Å²) < 4.78 is 1.59. The fourth-order valence-corrected chi connectivity index (χ4v) is 1.61. The average Bonchev–Trinajstić information content (AvgIpc) is 2.14. The van der Waals surface area contributed by atoms with Gasteiger partial charge in [-0.2, -0.15) is 0 Å². The summed E-state index contributed by atoms with van der Waals surface area (Å²) in [4.78, 5) is 0. The van der Waals surface area contributed by atoms with Gasteiger partial charge in [-0.15, -0.1) is 0 Å². The molecule has 0 unspecified atom stereocenters.